The quantitative estimate of drug-likeness (QED) is 0.255. The predicted octanol–water partition coefficient (Wildman–Crippen LogP) is 5.63. The lowest BCUT2D eigenvalue weighted by Gasteiger charge is -2.36. The number of imidazole rings is 1. The molecule has 3 aromatic heterocycles. The lowest BCUT2D eigenvalue weighted by Crippen LogP contribution is -2.38. The molecule has 13 heteroatoms. The van der Waals surface area contributed by atoms with Crippen LogP contribution in [0.1, 0.15) is 34.5 Å². The summed E-state index contributed by atoms with van der Waals surface area (Å²) in [6.45, 7) is 1.03. The molecule has 1 fully saturated rings. The van der Waals surface area contributed by atoms with Gasteiger partial charge in [0.15, 0.2) is 5.60 Å². The number of anilines is 1. The molecule has 1 saturated heterocycles. The molecule has 0 unspecified atom stereocenters. The van der Waals surface area contributed by atoms with Crippen molar-refractivity contribution in [2.24, 2.45) is 7.05 Å². The molecule has 1 N–H and O–H groups in total. The monoisotopic (exact) mass is 555 g/mol. The summed E-state index contributed by atoms with van der Waals surface area (Å²) in [6, 6.07) is 6.37. The molecule has 0 bridgehead atoms. The van der Waals surface area contributed by atoms with E-state index in [-0.39, 0.29) is 33.2 Å². The second kappa shape index (κ2) is 9.12. The number of aliphatic hydroxyl groups is 1. The van der Waals surface area contributed by atoms with E-state index in [1.807, 2.05) is 0 Å². The Hall–Kier alpha value is -3.38. The zero-order valence-corrected chi connectivity index (χ0v) is 20.5. The number of nitrogens with zero attached hydrogens (tertiary/aromatic N) is 5. The number of hydrogen-bond donors (Lipinski definition) is 1. The fourth-order valence-electron chi connectivity index (χ4n) is 4.68. The summed E-state index contributed by atoms with van der Waals surface area (Å²) in [4.78, 5) is 13.5. The summed E-state index contributed by atoms with van der Waals surface area (Å²) >= 11 is 6.22. The van der Waals surface area contributed by atoms with Crippen molar-refractivity contribution in [1.29, 1.82) is 0 Å². The Kier molecular flexibility index (Phi) is 6.30. The van der Waals surface area contributed by atoms with Crippen molar-refractivity contribution >= 4 is 28.2 Å². The molecule has 38 heavy (non-hydrogen) atoms. The molecule has 1 aromatic carbocycles. The van der Waals surface area contributed by atoms with Gasteiger partial charge in [0.25, 0.3) is 0 Å². The number of rotatable bonds is 5. The fourth-order valence-corrected chi connectivity index (χ4v) is 4.93. The van der Waals surface area contributed by atoms with E-state index in [2.05, 4.69) is 15.0 Å². The Morgan fingerprint density at radius 3 is 2.24 bits per heavy atom. The van der Waals surface area contributed by atoms with Gasteiger partial charge in [0.1, 0.15) is 10.8 Å². The molecular weight excluding hydrogens is 536 g/mol. The van der Waals surface area contributed by atoms with E-state index in [1.165, 1.54) is 35.3 Å². The molecule has 6 nitrogen and oxygen atoms in total. The summed E-state index contributed by atoms with van der Waals surface area (Å²) in [5, 5.41) is 12.2. The van der Waals surface area contributed by atoms with Gasteiger partial charge in [-0.1, -0.05) is 23.7 Å². The molecule has 1 atom stereocenters. The van der Waals surface area contributed by atoms with Gasteiger partial charge in [0.2, 0.25) is 0 Å². The topological polar surface area (TPSA) is 67.1 Å². The van der Waals surface area contributed by atoms with Gasteiger partial charge in [0, 0.05) is 42.8 Å². The zero-order chi connectivity index (χ0) is 27.5. The first kappa shape index (κ1) is 26.2. The van der Waals surface area contributed by atoms with Crippen LogP contribution in [-0.4, -0.2) is 43.9 Å². The highest BCUT2D eigenvalue weighted by Gasteiger charge is 2.40. The SMILES string of the molecule is Cn1cncc1[C@@](O)(c1ccc(C(F)(F)F)nc1)c1ccc2nc(Cl)c(CC(F)(F)F)c(N3CCC3)c2c1. The molecule has 5 rings (SSSR count). The molecular formula is C25H20ClF6N5O. The standard InChI is InChI=1S/C25H20ClF6N5O/c1-36-13-33-12-20(36)24(38,15-4-6-19(34-11-15)25(30,31)32)14-3-5-18-16(9-14)21(37-7-2-8-37)17(22(26)35-18)10-23(27,28)29/h3-6,9,11-13,38H,2,7-8,10H2,1H3/t24-/m0/s1. The number of aryl methyl sites for hydroxylation is 1. The van der Waals surface area contributed by atoms with Crippen LogP contribution >= 0.6 is 11.6 Å². The molecule has 0 amide bonds. The lowest BCUT2D eigenvalue weighted by atomic mass is 9.83. The van der Waals surface area contributed by atoms with Crippen molar-refractivity contribution in [2.45, 2.75) is 30.8 Å². The van der Waals surface area contributed by atoms with Gasteiger partial charge in [0.05, 0.1) is 35.8 Å². The van der Waals surface area contributed by atoms with E-state index in [4.69, 9.17) is 11.6 Å². The van der Waals surface area contributed by atoms with Crippen LogP contribution in [0.2, 0.25) is 5.15 Å². The summed E-state index contributed by atoms with van der Waals surface area (Å²) in [6.07, 6.45) is -6.05. The third-order valence-corrected chi connectivity index (χ3v) is 6.94. The van der Waals surface area contributed by atoms with Crippen LogP contribution in [0.5, 0.6) is 0 Å². The summed E-state index contributed by atoms with van der Waals surface area (Å²) in [7, 11) is 1.60. The summed E-state index contributed by atoms with van der Waals surface area (Å²) in [5.41, 5.74) is -2.39. The second-order valence-corrected chi connectivity index (χ2v) is 9.48. The number of pyridine rings is 2. The number of benzene rings is 1. The van der Waals surface area contributed by atoms with Crippen LogP contribution in [0.25, 0.3) is 10.9 Å². The Labute approximate surface area is 217 Å². The largest absolute Gasteiger partial charge is 0.433 e. The van der Waals surface area contributed by atoms with Crippen molar-refractivity contribution in [1.82, 2.24) is 19.5 Å². The van der Waals surface area contributed by atoms with E-state index in [1.54, 1.807) is 11.9 Å². The molecule has 0 saturated carbocycles. The van der Waals surface area contributed by atoms with Crippen LogP contribution in [0.3, 0.4) is 0 Å². The highest BCUT2D eigenvalue weighted by atomic mass is 35.5. The number of aromatic nitrogens is 4. The van der Waals surface area contributed by atoms with Crippen LogP contribution in [0.4, 0.5) is 32.0 Å². The first-order valence-corrected chi connectivity index (χ1v) is 11.8. The predicted molar refractivity (Wildman–Crippen MR) is 128 cm³/mol. The minimum Gasteiger partial charge on any atom is -0.374 e. The first-order valence-electron chi connectivity index (χ1n) is 11.5. The van der Waals surface area contributed by atoms with Crippen molar-refractivity contribution in [3.05, 3.63) is 82.3 Å². The van der Waals surface area contributed by atoms with Gasteiger partial charge < -0.3 is 14.6 Å². The Morgan fingerprint density at radius 2 is 1.71 bits per heavy atom. The van der Waals surface area contributed by atoms with E-state index in [0.29, 0.717) is 24.0 Å². The van der Waals surface area contributed by atoms with E-state index < -0.39 is 30.1 Å². The maximum atomic E-state index is 13.5. The van der Waals surface area contributed by atoms with Gasteiger partial charge in [-0.2, -0.15) is 26.3 Å². The molecule has 1 aliphatic rings. The average molecular weight is 556 g/mol. The molecule has 0 aliphatic carbocycles. The minimum absolute atomic E-state index is 0.0105. The smallest absolute Gasteiger partial charge is 0.374 e. The summed E-state index contributed by atoms with van der Waals surface area (Å²) in [5.74, 6) is 0. The molecule has 200 valence electrons. The van der Waals surface area contributed by atoms with Crippen molar-refractivity contribution < 1.29 is 31.4 Å². The normalized spacial score (nSPS) is 16.0. The van der Waals surface area contributed by atoms with E-state index in [9.17, 15) is 31.4 Å². The highest BCUT2D eigenvalue weighted by molar-refractivity contribution is 6.31. The third kappa shape index (κ3) is 4.55. The lowest BCUT2D eigenvalue weighted by molar-refractivity contribution is -0.141. The van der Waals surface area contributed by atoms with E-state index >= 15 is 0 Å². The number of alkyl halides is 6. The van der Waals surface area contributed by atoms with Gasteiger partial charge >= 0.3 is 12.4 Å². The van der Waals surface area contributed by atoms with Gasteiger partial charge in [-0.05, 0) is 30.2 Å². The Balaban J connectivity index is 1.76. The number of fused-ring (bicyclic) bond motifs is 1. The van der Waals surface area contributed by atoms with Gasteiger partial charge in [-0.3, -0.25) is 4.98 Å². The minimum atomic E-state index is -4.68. The number of hydrogen-bond acceptors (Lipinski definition) is 5. The van der Waals surface area contributed by atoms with Crippen LogP contribution in [0, 0.1) is 0 Å². The fraction of sp³-hybridized carbons (Fsp3) is 0.320. The maximum absolute atomic E-state index is 13.5. The Bertz CT molecular complexity index is 1500. The van der Waals surface area contributed by atoms with E-state index in [0.717, 1.165) is 24.8 Å². The van der Waals surface area contributed by atoms with Gasteiger partial charge in [-0.25, -0.2) is 9.97 Å². The van der Waals surface area contributed by atoms with Gasteiger partial charge in [-0.15, -0.1) is 0 Å². The van der Waals surface area contributed by atoms with Crippen molar-refractivity contribution in [3.8, 4) is 0 Å². The Morgan fingerprint density at radius 1 is 1.00 bits per heavy atom. The van der Waals surface area contributed by atoms with Crippen LogP contribution in [-0.2, 0) is 25.2 Å². The molecule has 0 radical (unpaired) electrons. The van der Waals surface area contributed by atoms with Crippen molar-refractivity contribution in [2.75, 3.05) is 18.0 Å². The molecule has 4 heterocycles. The average Bonchev–Trinajstić information content (AvgIpc) is 3.24. The first-order chi connectivity index (χ1) is 17.8. The van der Waals surface area contributed by atoms with Crippen LogP contribution < -0.4 is 4.90 Å². The number of halogens is 7. The second-order valence-electron chi connectivity index (χ2n) is 9.12. The summed E-state index contributed by atoms with van der Waals surface area (Å²) < 4.78 is 81.4. The maximum Gasteiger partial charge on any atom is 0.433 e. The van der Waals surface area contributed by atoms with Crippen molar-refractivity contribution in [3.63, 3.8) is 0 Å². The van der Waals surface area contributed by atoms with Crippen LogP contribution in [0.15, 0.2) is 49.1 Å². The molecule has 4 aromatic rings. The molecule has 1 aliphatic heterocycles. The highest BCUT2D eigenvalue weighted by Crippen LogP contribution is 2.43. The third-order valence-electron chi connectivity index (χ3n) is 6.63. The molecule has 0 spiro atoms. The zero-order valence-electron chi connectivity index (χ0n) is 19.8.